The highest BCUT2D eigenvalue weighted by Gasteiger charge is 2.24. The van der Waals surface area contributed by atoms with Gasteiger partial charge in [0.05, 0.1) is 0 Å². The molecular formula is C15H25N5O. The molecule has 2 rings (SSSR count). The number of nitrogens with one attached hydrogen (secondary N) is 1. The molecule has 6 heteroatoms. The Kier molecular flexibility index (Phi) is 5.14. The average molecular weight is 291 g/mol. The zero-order valence-electron chi connectivity index (χ0n) is 13.1. The zero-order valence-corrected chi connectivity index (χ0v) is 13.1. The van der Waals surface area contributed by atoms with Crippen LogP contribution >= 0.6 is 0 Å². The number of aryl methyl sites for hydroxylation is 1. The van der Waals surface area contributed by atoms with Gasteiger partial charge < -0.3 is 15.2 Å². The molecule has 0 bridgehead atoms. The van der Waals surface area contributed by atoms with Crippen LogP contribution in [0, 0.1) is 12.8 Å². The summed E-state index contributed by atoms with van der Waals surface area (Å²) in [5.74, 6) is 6.67. The summed E-state index contributed by atoms with van der Waals surface area (Å²) in [6.07, 6.45) is 2.13. The molecule has 0 aliphatic carbocycles. The van der Waals surface area contributed by atoms with Gasteiger partial charge in [0.15, 0.2) is 0 Å². The summed E-state index contributed by atoms with van der Waals surface area (Å²) in [4.78, 5) is 20.9. The SMILES string of the molecule is Cc1cc(C(=O)N2CCC(CN(C)C)CC2)cc(NN)n1. The number of hydrogen-bond donors (Lipinski definition) is 2. The van der Waals surface area contributed by atoms with Crippen LogP contribution in [0.1, 0.15) is 28.9 Å². The highest BCUT2D eigenvalue weighted by molar-refractivity contribution is 5.95. The van der Waals surface area contributed by atoms with Gasteiger partial charge in [-0.2, -0.15) is 0 Å². The molecule has 0 spiro atoms. The van der Waals surface area contributed by atoms with Gasteiger partial charge in [0.2, 0.25) is 0 Å². The van der Waals surface area contributed by atoms with Crippen LogP contribution in [0.2, 0.25) is 0 Å². The minimum Gasteiger partial charge on any atom is -0.339 e. The summed E-state index contributed by atoms with van der Waals surface area (Å²) in [6, 6.07) is 3.52. The second kappa shape index (κ2) is 6.87. The molecule has 1 aliphatic heterocycles. The lowest BCUT2D eigenvalue weighted by atomic mass is 9.96. The van der Waals surface area contributed by atoms with Crippen LogP contribution in [-0.4, -0.2) is 54.4 Å². The Bertz CT molecular complexity index is 495. The van der Waals surface area contributed by atoms with Crippen LogP contribution in [0.15, 0.2) is 12.1 Å². The topological polar surface area (TPSA) is 74.5 Å². The van der Waals surface area contributed by atoms with E-state index in [-0.39, 0.29) is 5.91 Å². The maximum atomic E-state index is 12.6. The molecule has 3 N–H and O–H groups in total. The molecule has 1 aromatic heterocycles. The van der Waals surface area contributed by atoms with Gasteiger partial charge in [-0.15, -0.1) is 0 Å². The lowest BCUT2D eigenvalue weighted by Gasteiger charge is -2.33. The molecule has 1 aliphatic rings. The van der Waals surface area contributed by atoms with Crippen LogP contribution in [0.25, 0.3) is 0 Å². The minimum absolute atomic E-state index is 0.0697. The predicted octanol–water partition coefficient (Wildman–Crippen LogP) is 1.09. The number of likely N-dealkylation sites (tertiary alicyclic amines) is 1. The van der Waals surface area contributed by atoms with E-state index < -0.39 is 0 Å². The van der Waals surface area contributed by atoms with E-state index in [1.165, 1.54) is 0 Å². The third-order valence-electron chi connectivity index (χ3n) is 3.87. The fourth-order valence-electron chi connectivity index (χ4n) is 2.88. The first kappa shape index (κ1) is 15.7. The normalized spacial score (nSPS) is 16.3. The first-order valence-electron chi connectivity index (χ1n) is 7.39. The van der Waals surface area contributed by atoms with Gasteiger partial charge in [-0.25, -0.2) is 10.8 Å². The zero-order chi connectivity index (χ0) is 15.4. The van der Waals surface area contributed by atoms with E-state index in [1.54, 1.807) is 6.07 Å². The third kappa shape index (κ3) is 4.15. The summed E-state index contributed by atoms with van der Waals surface area (Å²) < 4.78 is 0. The van der Waals surface area contributed by atoms with Gasteiger partial charge in [0.1, 0.15) is 5.82 Å². The molecule has 1 aromatic rings. The van der Waals surface area contributed by atoms with Crippen molar-refractivity contribution >= 4 is 11.7 Å². The van der Waals surface area contributed by atoms with E-state index in [0.717, 1.165) is 38.2 Å². The monoisotopic (exact) mass is 291 g/mol. The van der Waals surface area contributed by atoms with Crippen molar-refractivity contribution < 1.29 is 4.79 Å². The Labute approximate surface area is 126 Å². The van der Waals surface area contributed by atoms with Crippen molar-refractivity contribution in [1.82, 2.24) is 14.8 Å². The second-order valence-electron chi connectivity index (χ2n) is 6.02. The molecule has 0 saturated carbocycles. The van der Waals surface area contributed by atoms with Gasteiger partial charge in [0, 0.05) is 30.9 Å². The maximum Gasteiger partial charge on any atom is 0.254 e. The van der Waals surface area contributed by atoms with Gasteiger partial charge in [-0.3, -0.25) is 4.79 Å². The Morgan fingerprint density at radius 3 is 2.67 bits per heavy atom. The molecule has 6 nitrogen and oxygen atoms in total. The van der Waals surface area contributed by atoms with Crippen molar-refractivity contribution in [1.29, 1.82) is 0 Å². The number of anilines is 1. The summed E-state index contributed by atoms with van der Waals surface area (Å²) >= 11 is 0. The number of nitrogen functional groups attached to an aromatic ring is 1. The number of pyridine rings is 1. The molecule has 2 heterocycles. The largest absolute Gasteiger partial charge is 0.339 e. The summed E-state index contributed by atoms with van der Waals surface area (Å²) in [6.45, 7) is 4.60. The smallest absolute Gasteiger partial charge is 0.254 e. The molecular weight excluding hydrogens is 266 g/mol. The molecule has 0 aromatic carbocycles. The number of rotatable bonds is 4. The van der Waals surface area contributed by atoms with Gasteiger partial charge in [-0.1, -0.05) is 0 Å². The number of nitrogens with zero attached hydrogens (tertiary/aromatic N) is 3. The molecule has 1 saturated heterocycles. The van der Waals surface area contributed by atoms with Crippen LogP contribution in [-0.2, 0) is 0 Å². The Balaban J connectivity index is 2.00. The highest BCUT2D eigenvalue weighted by atomic mass is 16.2. The van der Waals surface area contributed by atoms with Crippen LogP contribution in [0.3, 0.4) is 0 Å². The standard InChI is InChI=1S/C15H25N5O/c1-11-8-13(9-14(17-11)18-16)15(21)20-6-4-12(5-7-20)10-19(2)3/h8-9,12H,4-7,10,16H2,1-3H3,(H,17,18). The first-order valence-corrected chi connectivity index (χ1v) is 7.39. The average Bonchev–Trinajstić information content (AvgIpc) is 2.46. The van der Waals surface area contributed by atoms with Crippen molar-refractivity contribution in [2.24, 2.45) is 11.8 Å². The molecule has 116 valence electrons. The summed E-state index contributed by atoms with van der Waals surface area (Å²) in [5, 5.41) is 0. The van der Waals surface area contributed by atoms with Crippen molar-refractivity contribution in [2.75, 3.05) is 39.2 Å². The molecule has 21 heavy (non-hydrogen) atoms. The molecule has 0 radical (unpaired) electrons. The van der Waals surface area contributed by atoms with Crippen molar-refractivity contribution in [2.45, 2.75) is 19.8 Å². The van der Waals surface area contributed by atoms with Crippen LogP contribution < -0.4 is 11.3 Å². The number of piperidine rings is 1. The Morgan fingerprint density at radius 2 is 2.10 bits per heavy atom. The quantitative estimate of drug-likeness (QED) is 0.641. The van der Waals surface area contributed by atoms with E-state index in [0.29, 0.717) is 17.3 Å². The summed E-state index contributed by atoms with van der Waals surface area (Å²) in [7, 11) is 4.19. The molecule has 1 fully saturated rings. The lowest BCUT2D eigenvalue weighted by molar-refractivity contribution is 0.0678. The minimum atomic E-state index is 0.0697. The van der Waals surface area contributed by atoms with Gasteiger partial charge in [0.25, 0.3) is 5.91 Å². The number of nitrogens with two attached hydrogens (primary N) is 1. The van der Waals surface area contributed by atoms with E-state index >= 15 is 0 Å². The van der Waals surface area contributed by atoms with E-state index in [1.807, 2.05) is 17.9 Å². The number of carbonyl (C=O) groups excluding carboxylic acids is 1. The fourth-order valence-corrected chi connectivity index (χ4v) is 2.88. The third-order valence-corrected chi connectivity index (χ3v) is 3.87. The predicted molar refractivity (Wildman–Crippen MR) is 84.0 cm³/mol. The summed E-state index contributed by atoms with van der Waals surface area (Å²) in [5.41, 5.74) is 3.95. The van der Waals surface area contributed by atoms with E-state index in [9.17, 15) is 4.79 Å². The van der Waals surface area contributed by atoms with E-state index in [4.69, 9.17) is 5.84 Å². The molecule has 1 amide bonds. The van der Waals surface area contributed by atoms with Gasteiger partial charge in [-0.05, 0) is 51.9 Å². The Morgan fingerprint density at radius 1 is 1.43 bits per heavy atom. The highest BCUT2D eigenvalue weighted by Crippen LogP contribution is 2.20. The first-order chi connectivity index (χ1) is 9.99. The number of aromatic nitrogens is 1. The maximum absolute atomic E-state index is 12.6. The molecule has 0 atom stereocenters. The lowest BCUT2D eigenvalue weighted by Crippen LogP contribution is -2.40. The van der Waals surface area contributed by atoms with Crippen LogP contribution in [0.5, 0.6) is 0 Å². The number of hydrazine groups is 1. The van der Waals surface area contributed by atoms with Crippen LogP contribution in [0.4, 0.5) is 5.82 Å². The fraction of sp³-hybridized carbons (Fsp3) is 0.600. The van der Waals surface area contributed by atoms with Gasteiger partial charge >= 0.3 is 0 Å². The Hall–Kier alpha value is -1.66. The second-order valence-corrected chi connectivity index (χ2v) is 6.02. The molecule has 0 unspecified atom stereocenters. The number of amides is 1. The van der Waals surface area contributed by atoms with Crippen molar-refractivity contribution in [3.63, 3.8) is 0 Å². The van der Waals surface area contributed by atoms with E-state index in [2.05, 4.69) is 29.4 Å². The number of carbonyl (C=O) groups is 1. The van der Waals surface area contributed by atoms with Crippen molar-refractivity contribution in [3.8, 4) is 0 Å². The van der Waals surface area contributed by atoms with Crippen molar-refractivity contribution in [3.05, 3.63) is 23.4 Å². The number of hydrogen-bond acceptors (Lipinski definition) is 5.